The molecule has 1 saturated carbocycles. The Hall–Kier alpha value is -2.00. The van der Waals surface area contributed by atoms with Crippen LogP contribution in [-0.4, -0.2) is 26.7 Å². The van der Waals surface area contributed by atoms with Gasteiger partial charge in [-0.25, -0.2) is 4.98 Å². The van der Waals surface area contributed by atoms with Crippen LogP contribution < -0.4 is 5.32 Å². The van der Waals surface area contributed by atoms with Gasteiger partial charge in [0.15, 0.2) is 5.16 Å². The molecular weight excluding hydrogens is 320 g/mol. The van der Waals surface area contributed by atoms with Crippen molar-refractivity contribution in [2.24, 2.45) is 0 Å². The number of carbonyl (C=O) groups is 1. The van der Waals surface area contributed by atoms with Crippen molar-refractivity contribution in [3.8, 4) is 6.07 Å². The van der Waals surface area contributed by atoms with Crippen molar-refractivity contribution < 1.29 is 4.79 Å². The number of aromatic nitrogens is 2. The van der Waals surface area contributed by atoms with E-state index < -0.39 is 5.54 Å². The molecule has 0 spiro atoms. The zero-order chi connectivity index (χ0) is 17.2. The predicted molar refractivity (Wildman–Crippen MR) is 95.7 cm³/mol. The van der Waals surface area contributed by atoms with E-state index in [1.54, 1.807) is 0 Å². The van der Waals surface area contributed by atoms with Crippen LogP contribution in [0.25, 0.3) is 11.0 Å². The SMILES string of the molecule is Cc1ccc2nc(SC(C)C(=O)NC3(C#N)CCCCC3)[nH]c2c1. The Labute approximate surface area is 146 Å². The van der Waals surface area contributed by atoms with Gasteiger partial charge in [-0.1, -0.05) is 37.1 Å². The number of aryl methyl sites for hydroxylation is 1. The summed E-state index contributed by atoms with van der Waals surface area (Å²) in [6.07, 6.45) is 4.63. The second-order valence-electron chi connectivity index (χ2n) is 6.57. The number of thioether (sulfide) groups is 1. The average Bonchev–Trinajstić information content (AvgIpc) is 2.96. The summed E-state index contributed by atoms with van der Waals surface area (Å²) in [5.74, 6) is -0.0971. The number of hydrogen-bond acceptors (Lipinski definition) is 4. The van der Waals surface area contributed by atoms with Crippen LogP contribution >= 0.6 is 11.8 Å². The number of nitrogens with zero attached hydrogens (tertiary/aromatic N) is 2. The number of rotatable bonds is 4. The summed E-state index contributed by atoms with van der Waals surface area (Å²) in [5, 5.41) is 12.9. The highest BCUT2D eigenvalue weighted by molar-refractivity contribution is 8.00. The van der Waals surface area contributed by atoms with E-state index >= 15 is 0 Å². The van der Waals surface area contributed by atoms with Gasteiger partial charge in [0.1, 0.15) is 5.54 Å². The molecule has 0 aliphatic heterocycles. The van der Waals surface area contributed by atoms with Crippen molar-refractivity contribution in [1.82, 2.24) is 15.3 Å². The first-order chi connectivity index (χ1) is 11.5. The number of hydrogen-bond donors (Lipinski definition) is 2. The van der Waals surface area contributed by atoms with E-state index in [1.165, 1.54) is 17.3 Å². The Morgan fingerprint density at radius 1 is 1.42 bits per heavy atom. The number of carbonyl (C=O) groups excluding carboxylic acids is 1. The molecule has 6 heteroatoms. The zero-order valence-electron chi connectivity index (χ0n) is 14.1. The van der Waals surface area contributed by atoms with Crippen LogP contribution in [0.15, 0.2) is 23.4 Å². The molecule has 2 N–H and O–H groups in total. The number of aromatic amines is 1. The number of fused-ring (bicyclic) bond motifs is 1. The third kappa shape index (κ3) is 3.57. The van der Waals surface area contributed by atoms with Gasteiger partial charge in [-0.15, -0.1) is 0 Å². The molecule has 1 aliphatic rings. The highest BCUT2D eigenvalue weighted by Crippen LogP contribution is 2.29. The molecule has 1 aromatic carbocycles. The Morgan fingerprint density at radius 2 is 2.17 bits per heavy atom. The van der Waals surface area contributed by atoms with Crippen LogP contribution in [0, 0.1) is 18.3 Å². The first-order valence-electron chi connectivity index (χ1n) is 8.38. The number of H-pyrrole nitrogens is 1. The van der Waals surface area contributed by atoms with Gasteiger partial charge >= 0.3 is 0 Å². The van der Waals surface area contributed by atoms with Crippen molar-refractivity contribution in [1.29, 1.82) is 5.26 Å². The van der Waals surface area contributed by atoms with Crippen molar-refractivity contribution in [2.75, 3.05) is 0 Å². The molecule has 1 unspecified atom stereocenters. The lowest BCUT2D eigenvalue weighted by Gasteiger charge is -2.32. The van der Waals surface area contributed by atoms with Crippen LogP contribution in [0.1, 0.15) is 44.6 Å². The van der Waals surface area contributed by atoms with E-state index in [9.17, 15) is 10.1 Å². The van der Waals surface area contributed by atoms with E-state index in [4.69, 9.17) is 0 Å². The minimum Gasteiger partial charge on any atom is -0.337 e. The maximum atomic E-state index is 12.5. The first kappa shape index (κ1) is 16.8. The van der Waals surface area contributed by atoms with E-state index in [0.717, 1.165) is 48.3 Å². The summed E-state index contributed by atoms with van der Waals surface area (Å²) in [6, 6.07) is 8.37. The van der Waals surface area contributed by atoms with Crippen LogP contribution in [0.5, 0.6) is 0 Å². The van der Waals surface area contributed by atoms with E-state index in [2.05, 4.69) is 21.4 Å². The second-order valence-corrected chi connectivity index (χ2v) is 7.90. The summed E-state index contributed by atoms with van der Waals surface area (Å²) in [6.45, 7) is 3.89. The van der Waals surface area contributed by atoms with Gasteiger partial charge in [0.25, 0.3) is 0 Å². The molecule has 1 amide bonds. The maximum absolute atomic E-state index is 12.5. The van der Waals surface area contributed by atoms with Crippen molar-refractivity contribution in [3.63, 3.8) is 0 Å². The Kier molecular flexibility index (Phi) is 4.81. The number of benzene rings is 1. The summed E-state index contributed by atoms with van der Waals surface area (Å²) in [4.78, 5) is 20.3. The van der Waals surface area contributed by atoms with Crippen LogP contribution in [0.4, 0.5) is 0 Å². The minimum atomic E-state index is -0.685. The summed E-state index contributed by atoms with van der Waals surface area (Å²) in [5.41, 5.74) is 2.36. The van der Waals surface area contributed by atoms with Gasteiger partial charge in [0.2, 0.25) is 5.91 Å². The highest BCUT2D eigenvalue weighted by atomic mass is 32.2. The third-order valence-corrected chi connectivity index (χ3v) is 5.54. The lowest BCUT2D eigenvalue weighted by atomic mass is 9.83. The van der Waals surface area contributed by atoms with Gasteiger partial charge in [-0.3, -0.25) is 4.79 Å². The molecule has 2 aromatic rings. The highest BCUT2D eigenvalue weighted by Gasteiger charge is 2.35. The lowest BCUT2D eigenvalue weighted by Crippen LogP contribution is -2.50. The maximum Gasteiger partial charge on any atom is 0.234 e. The Balaban J connectivity index is 1.67. The lowest BCUT2D eigenvalue weighted by molar-refractivity contribution is -0.121. The fourth-order valence-corrected chi connectivity index (χ4v) is 3.96. The fourth-order valence-electron chi connectivity index (χ4n) is 3.13. The van der Waals surface area contributed by atoms with E-state index in [0.29, 0.717) is 0 Å². The molecule has 1 aliphatic carbocycles. The van der Waals surface area contributed by atoms with Crippen LogP contribution in [-0.2, 0) is 4.79 Å². The smallest absolute Gasteiger partial charge is 0.234 e. The molecule has 5 nitrogen and oxygen atoms in total. The number of nitrogens with one attached hydrogen (secondary N) is 2. The zero-order valence-corrected chi connectivity index (χ0v) is 14.9. The van der Waals surface area contributed by atoms with Crippen molar-refractivity contribution >= 4 is 28.7 Å². The van der Waals surface area contributed by atoms with Gasteiger partial charge < -0.3 is 10.3 Å². The quantitative estimate of drug-likeness (QED) is 0.830. The number of amides is 1. The third-order valence-electron chi connectivity index (χ3n) is 4.56. The fraction of sp³-hybridized carbons (Fsp3) is 0.500. The normalized spacial score (nSPS) is 18.0. The molecule has 1 atom stereocenters. The number of nitriles is 1. The summed E-state index contributed by atoms with van der Waals surface area (Å²) >= 11 is 1.39. The predicted octanol–water partition coefficient (Wildman–Crippen LogP) is 3.69. The van der Waals surface area contributed by atoms with Crippen molar-refractivity contribution in [3.05, 3.63) is 23.8 Å². The largest absolute Gasteiger partial charge is 0.337 e. The molecule has 24 heavy (non-hydrogen) atoms. The van der Waals surface area contributed by atoms with E-state index in [-0.39, 0.29) is 11.2 Å². The molecule has 1 aromatic heterocycles. The topological polar surface area (TPSA) is 81.6 Å². The van der Waals surface area contributed by atoms with Crippen LogP contribution in [0.3, 0.4) is 0 Å². The Morgan fingerprint density at radius 3 is 2.88 bits per heavy atom. The first-order valence-corrected chi connectivity index (χ1v) is 9.26. The molecule has 0 saturated heterocycles. The van der Waals surface area contributed by atoms with E-state index in [1.807, 2.05) is 32.0 Å². The van der Waals surface area contributed by atoms with Crippen molar-refractivity contribution in [2.45, 2.75) is 61.9 Å². The molecule has 0 radical (unpaired) electrons. The summed E-state index contributed by atoms with van der Waals surface area (Å²) < 4.78 is 0. The Bertz CT molecular complexity index is 786. The van der Waals surface area contributed by atoms with Gasteiger partial charge in [0, 0.05) is 0 Å². The molecular formula is C18H22N4OS. The number of imidazole rings is 1. The van der Waals surface area contributed by atoms with Gasteiger partial charge in [-0.2, -0.15) is 5.26 Å². The second kappa shape index (κ2) is 6.86. The molecule has 1 fully saturated rings. The standard InChI is InChI=1S/C18H22N4OS/c1-12-6-7-14-15(10-12)21-17(20-14)24-13(2)16(23)22-18(11-19)8-4-3-5-9-18/h6-7,10,13H,3-5,8-9H2,1-2H3,(H,20,21)(H,22,23). The van der Waals surface area contributed by atoms with Crippen LogP contribution in [0.2, 0.25) is 0 Å². The molecule has 0 bridgehead atoms. The molecule has 3 rings (SSSR count). The van der Waals surface area contributed by atoms with Gasteiger partial charge in [0.05, 0.1) is 22.4 Å². The summed E-state index contributed by atoms with van der Waals surface area (Å²) in [7, 11) is 0. The average molecular weight is 342 g/mol. The van der Waals surface area contributed by atoms with Gasteiger partial charge in [-0.05, 0) is 44.4 Å². The molecule has 1 heterocycles. The monoisotopic (exact) mass is 342 g/mol. The molecule has 126 valence electrons. The minimum absolute atomic E-state index is 0.0971.